The van der Waals surface area contributed by atoms with Crippen molar-refractivity contribution in [2.24, 2.45) is 0 Å². The second kappa shape index (κ2) is 21.4. The molecule has 0 N–H and O–H groups in total. The van der Waals surface area contributed by atoms with Gasteiger partial charge in [0.2, 0.25) is 6.33 Å². The van der Waals surface area contributed by atoms with E-state index in [9.17, 15) is 0 Å². The van der Waals surface area contributed by atoms with Gasteiger partial charge in [0.05, 0.1) is 6.54 Å². The third kappa shape index (κ3) is 13.0. The van der Waals surface area contributed by atoms with Crippen LogP contribution in [0.1, 0.15) is 160 Å². The third-order valence-corrected chi connectivity index (χ3v) is 9.76. The molecule has 0 radical (unpaired) electrons. The largest absolute Gasteiger partial charge is 0.244 e. The first-order chi connectivity index (χ1) is 21.2. The average Bonchev–Trinajstić information content (AvgIpc) is 3.50. The predicted molar refractivity (Wildman–Crippen MR) is 187 cm³/mol. The Bertz CT molecular complexity index is 1060. The molecule has 0 aliphatic carbocycles. The van der Waals surface area contributed by atoms with E-state index in [0.717, 1.165) is 13.0 Å². The number of unbranched alkanes of at least 4 members (excludes halogenated alkanes) is 16. The molecule has 0 fully saturated rings. The van der Waals surface area contributed by atoms with E-state index >= 15 is 0 Å². The molecular formula is C41H65N2+. The van der Waals surface area contributed by atoms with E-state index in [1.807, 2.05) is 0 Å². The van der Waals surface area contributed by atoms with Crippen LogP contribution in [-0.4, -0.2) is 4.57 Å². The van der Waals surface area contributed by atoms with Gasteiger partial charge in [-0.25, -0.2) is 9.13 Å². The van der Waals surface area contributed by atoms with Gasteiger partial charge < -0.3 is 0 Å². The molecule has 0 aliphatic heterocycles. The van der Waals surface area contributed by atoms with Gasteiger partial charge in [-0.3, -0.25) is 0 Å². The molecule has 0 amide bonds. The lowest BCUT2D eigenvalue weighted by atomic mass is 9.70. The molecule has 2 unspecified atom stereocenters. The molecule has 2 heteroatoms. The smallest absolute Gasteiger partial charge is 0.237 e. The molecule has 0 spiro atoms. The number of aromatic nitrogens is 2. The predicted octanol–water partition coefficient (Wildman–Crippen LogP) is 12.0. The van der Waals surface area contributed by atoms with Gasteiger partial charge in [0, 0.05) is 5.41 Å². The van der Waals surface area contributed by atoms with E-state index in [-0.39, 0.29) is 5.41 Å². The fraction of sp³-hybridized carbons (Fsp3) is 0.634. The second-order valence-corrected chi connectivity index (χ2v) is 13.5. The third-order valence-electron chi connectivity index (χ3n) is 9.76. The number of nitrogens with zero attached hydrogens (tertiary/aromatic N) is 2. The van der Waals surface area contributed by atoms with Crippen LogP contribution in [0.3, 0.4) is 0 Å². The lowest BCUT2D eigenvalue weighted by Gasteiger charge is -2.37. The average molecular weight is 586 g/mol. The van der Waals surface area contributed by atoms with E-state index in [4.69, 9.17) is 0 Å². The standard InChI is InChI=1S/C41H65N2/c1-4-6-8-10-12-14-16-18-26-32-40(41(3,39-30-24-21-25-31-39)36-38-28-22-20-23-29-38)43-35-34-42(37-43)33-27-19-17-15-13-11-9-7-5-2/h20-25,28-31,34-35,37,40H,4-19,26-27,32-33,36H2,1-3H3/q+1. The highest BCUT2D eigenvalue weighted by Crippen LogP contribution is 2.41. The SMILES string of the molecule is CCCCCCCCCCCC(n1cc[n+](CCCCCCCCCCC)c1)C(C)(Cc1ccccc1)c1ccccc1. The van der Waals surface area contributed by atoms with Crippen LogP contribution in [0, 0.1) is 0 Å². The molecule has 1 heterocycles. The van der Waals surface area contributed by atoms with Gasteiger partial charge in [-0.1, -0.05) is 178 Å². The van der Waals surface area contributed by atoms with E-state index in [1.54, 1.807) is 0 Å². The van der Waals surface area contributed by atoms with Crippen molar-refractivity contribution in [3.05, 3.63) is 90.5 Å². The normalized spacial score (nSPS) is 13.7. The summed E-state index contributed by atoms with van der Waals surface area (Å²) in [5, 5.41) is 0. The summed E-state index contributed by atoms with van der Waals surface area (Å²) in [4.78, 5) is 0. The first-order valence-corrected chi connectivity index (χ1v) is 18.3. The quantitative estimate of drug-likeness (QED) is 0.0690. The Morgan fingerprint density at radius 2 is 1.09 bits per heavy atom. The molecule has 0 aliphatic rings. The zero-order chi connectivity index (χ0) is 30.4. The van der Waals surface area contributed by atoms with Crippen molar-refractivity contribution < 1.29 is 4.57 Å². The van der Waals surface area contributed by atoms with Crippen LogP contribution in [0.5, 0.6) is 0 Å². The Kier molecular flexibility index (Phi) is 17.5. The lowest BCUT2D eigenvalue weighted by molar-refractivity contribution is -0.697. The molecule has 238 valence electrons. The van der Waals surface area contributed by atoms with Crippen LogP contribution in [0.15, 0.2) is 79.4 Å². The van der Waals surface area contributed by atoms with Crippen LogP contribution in [0.2, 0.25) is 0 Å². The number of imidazole rings is 1. The summed E-state index contributed by atoms with van der Waals surface area (Å²) in [7, 11) is 0. The van der Waals surface area contributed by atoms with E-state index < -0.39 is 0 Å². The van der Waals surface area contributed by atoms with Crippen molar-refractivity contribution in [3.63, 3.8) is 0 Å². The lowest BCUT2D eigenvalue weighted by Crippen LogP contribution is -2.38. The van der Waals surface area contributed by atoms with Crippen molar-refractivity contribution >= 4 is 0 Å². The van der Waals surface area contributed by atoms with Crippen LogP contribution >= 0.6 is 0 Å². The van der Waals surface area contributed by atoms with Gasteiger partial charge in [-0.05, 0) is 43.2 Å². The van der Waals surface area contributed by atoms with Gasteiger partial charge >= 0.3 is 0 Å². The summed E-state index contributed by atoms with van der Waals surface area (Å²) < 4.78 is 5.03. The number of rotatable bonds is 25. The van der Waals surface area contributed by atoms with Crippen molar-refractivity contribution in [2.45, 2.75) is 167 Å². The molecule has 0 saturated heterocycles. The molecule has 3 rings (SSSR count). The van der Waals surface area contributed by atoms with E-state index in [1.165, 1.54) is 133 Å². The number of benzene rings is 2. The Labute approximate surface area is 266 Å². The molecule has 0 bridgehead atoms. The summed E-state index contributed by atoms with van der Waals surface area (Å²) in [5.41, 5.74) is 2.90. The van der Waals surface area contributed by atoms with E-state index in [2.05, 4.69) is 109 Å². The van der Waals surface area contributed by atoms with Gasteiger partial charge in [0.1, 0.15) is 18.4 Å². The Morgan fingerprint density at radius 3 is 1.65 bits per heavy atom. The maximum absolute atomic E-state index is 2.58. The van der Waals surface area contributed by atoms with Crippen LogP contribution in [0.25, 0.3) is 0 Å². The highest BCUT2D eigenvalue weighted by Gasteiger charge is 2.40. The Balaban J connectivity index is 1.66. The van der Waals surface area contributed by atoms with Gasteiger partial charge in [-0.15, -0.1) is 0 Å². The van der Waals surface area contributed by atoms with Gasteiger partial charge in [0.15, 0.2) is 0 Å². The zero-order valence-corrected chi connectivity index (χ0v) is 28.3. The highest BCUT2D eigenvalue weighted by molar-refractivity contribution is 5.30. The minimum Gasteiger partial charge on any atom is -0.237 e. The van der Waals surface area contributed by atoms with Gasteiger partial charge in [0.25, 0.3) is 0 Å². The molecule has 1 aromatic heterocycles. The highest BCUT2D eigenvalue weighted by atomic mass is 15.1. The molecule has 43 heavy (non-hydrogen) atoms. The fourth-order valence-electron chi connectivity index (χ4n) is 7.03. The Morgan fingerprint density at radius 1 is 0.605 bits per heavy atom. The van der Waals surface area contributed by atoms with Crippen molar-refractivity contribution in [3.8, 4) is 0 Å². The van der Waals surface area contributed by atoms with Crippen molar-refractivity contribution in [1.82, 2.24) is 4.57 Å². The number of aryl methyl sites for hydroxylation is 1. The molecule has 2 aromatic carbocycles. The monoisotopic (exact) mass is 586 g/mol. The number of hydrogen-bond donors (Lipinski definition) is 0. The van der Waals surface area contributed by atoms with Crippen molar-refractivity contribution in [2.75, 3.05) is 0 Å². The first kappa shape index (κ1) is 35.1. The maximum Gasteiger partial charge on any atom is 0.244 e. The zero-order valence-electron chi connectivity index (χ0n) is 28.3. The van der Waals surface area contributed by atoms with Crippen molar-refractivity contribution in [1.29, 1.82) is 0 Å². The first-order valence-electron chi connectivity index (χ1n) is 18.3. The minimum atomic E-state index is 0.0113. The molecule has 2 atom stereocenters. The molecule has 0 saturated carbocycles. The van der Waals surface area contributed by atoms with Crippen LogP contribution in [0.4, 0.5) is 0 Å². The maximum atomic E-state index is 2.58. The summed E-state index contributed by atoms with van der Waals surface area (Å²) >= 11 is 0. The summed E-state index contributed by atoms with van der Waals surface area (Å²) in [6.45, 7) is 8.27. The Hall–Kier alpha value is -2.35. The van der Waals surface area contributed by atoms with Gasteiger partial charge in [-0.2, -0.15) is 0 Å². The molecule has 3 aromatic rings. The van der Waals surface area contributed by atoms with E-state index in [0.29, 0.717) is 6.04 Å². The minimum absolute atomic E-state index is 0.0113. The second-order valence-electron chi connectivity index (χ2n) is 13.5. The topological polar surface area (TPSA) is 8.81 Å². The summed E-state index contributed by atoms with van der Waals surface area (Å²) in [6.07, 6.45) is 34.3. The van der Waals surface area contributed by atoms with Crippen LogP contribution < -0.4 is 4.57 Å². The summed E-state index contributed by atoms with van der Waals surface area (Å²) in [6, 6.07) is 23.0. The molecule has 2 nitrogen and oxygen atoms in total. The molecular weight excluding hydrogens is 520 g/mol. The summed E-state index contributed by atoms with van der Waals surface area (Å²) in [5.74, 6) is 0. The number of hydrogen-bond acceptors (Lipinski definition) is 0. The van der Waals surface area contributed by atoms with Crippen LogP contribution in [-0.2, 0) is 18.4 Å². The fourth-order valence-corrected chi connectivity index (χ4v) is 7.03.